The Morgan fingerprint density at radius 1 is 1.33 bits per heavy atom. The van der Waals surface area contributed by atoms with Gasteiger partial charge >= 0.3 is 0 Å². The van der Waals surface area contributed by atoms with Gasteiger partial charge in [-0.25, -0.2) is 0 Å². The fraction of sp³-hybridized carbons (Fsp3) is 0.929. The predicted octanol–water partition coefficient (Wildman–Crippen LogP) is 0.605. The van der Waals surface area contributed by atoms with E-state index in [1.165, 1.54) is 0 Å². The number of β-amino-alcohol motifs (C(OH)–C–C–N with tert-alkyl or cyclic N) is 1. The van der Waals surface area contributed by atoms with Crippen LogP contribution in [-0.4, -0.2) is 47.7 Å². The number of nitrogens with zero attached hydrogens (tertiary/aromatic N) is 1. The number of aliphatic hydroxyl groups is 1. The second-order valence-electron chi connectivity index (χ2n) is 6.82. The van der Waals surface area contributed by atoms with Crippen LogP contribution in [0.4, 0.5) is 0 Å². The molecule has 0 aromatic rings. The minimum absolute atomic E-state index is 0.230. The molecule has 0 aromatic carbocycles. The molecule has 1 spiro atoms. The maximum Gasteiger partial charge on any atom is 0.226 e. The highest BCUT2D eigenvalue weighted by Gasteiger charge is 2.60. The van der Waals surface area contributed by atoms with Crippen LogP contribution in [0.15, 0.2) is 0 Å². The molecule has 2 heterocycles. The monoisotopic (exact) mass is 252 g/mol. The van der Waals surface area contributed by atoms with E-state index in [4.69, 9.17) is 0 Å². The lowest BCUT2D eigenvalue weighted by molar-refractivity contribution is -0.166. The van der Waals surface area contributed by atoms with E-state index >= 15 is 0 Å². The van der Waals surface area contributed by atoms with Crippen LogP contribution in [0.2, 0.25) is 0 Å². The highest BCUT2D eigenvalue weighted by molar-refractivity contribution is 5.83. The second kappa shape index (κ2) is 3.94. The maximum atomic E-state index is 12.4. The third kappa shape index (κ3) is 1.77. The molecule has 3 aliphatic rings. The largest absolute Gasteiger partial charge is 0.386 e. The number of piperidine rings is 1. The van der Waals surface area contributed by atoms with Crippen molar-refractivity contribution in [1.82, 2.24) is 10.2 Å². The summed E-state index contributed by atoms with van der Waals surface area (Å²) >= 11 is 0. The average Bonchev–Trinajstić information content (AvgIpc) is 2.98. The molecule has 102 valence electrons. The molecule has 0 aromatic heterocycles. The van der Waals surface area contributed by atoms with Crippen molar-refractivity contribution in [1.29, 1.82) is 0 Å². The first-order valence-electron chi connectivity index (χ1n) is 7.19. The second-order valence-corrected chi connectivity index (χ2v) is 6.82. The van der Waals surface area contributed by atoms with Gasteiger partial charge in [-0.05, 0) is 43.7 Å². The lowest BCUT2D eigenvalue weighted by Gasteiger charge is -2.49. The molecule has 3 fully saturated rings. The Labute approximate surface area is 109 Å². The van der Waals surface area contributed by atoms with Crippen molar-refractivity contribution in [3.05, 3.63) is 0 Å². The van der Waals surface area contributed by atoms with Gasteiger partial charge in [0.1, 0.15) is 5.60 Å². The van der Waals surface area contributed by atoms with E-state index in [9.17, 15) is 9.90 Å². The topological polar surface area (TPSA) is 52.6 Å². The first-order valence-corrected chi connectivity index (χ1v) is 7.19. The van der Waals surface area contributed by atoms with E-state index in [2.05, 4.69) is 5.32 Å². The van der Waals surface area contributed by atoms with Crippen molar-refractivity contribution < 1.29 is 9.90 Å². The summed E-state index contributed by atoms with van der Waals surface area (Å²) in [6.07, 6.45) is 3.36. The molecule has 2 aliphatic heterocycles. The van der Waals surface area contributed by atoms with Crippen LogP contribution in [0.5, 0.6) is 0 Å². The van der Waals surface area contributed by atoms with Crippen molar-refractivity contribution >= 4 is 5.91 Å². The van der Waals surface area contributed by atoms with Crippen molar-refractivity contribution in [2.75, 3.05) is 26.2 Å². The van der Waals surface area contributed by atoms with Gasteiger partial charge in [0.25, 0.3) is 0 Å². The number of likely N-dealkylation sites (tertiary alicyclic amines) is 1. The summed E-state index contributed by atoms with van der Waals surface area (Å²) in [7, 11) is 0. The summed E-state index contributed by atoms with van der Waals surface area (Å²) in [6, 6.07) is 0. The van der Waals surface area contributed by atoms with Crippen LogP contribution in [0, 0.1) is 17.3 Å². The number of carbonyl (C=O) groups is 1. The standard InChI is InChI=1S/C14H24N2O2/c1-10(2)14(18)8-16(9-14)12(17)11-7-13(11)3-5-15-6-4-13/h10-11,15,18H,3-9H2,1-2H3. The van der Waals surface area contributed by atoms with Gasteiger partial charge in [0.2, 0.25) is 5.91 Å². The minimum atomic E-state index is -0.633. The Hall–Kier alpha value is -0.610. The highest BCUT2D eigenvalue weighted by Crippen LogP contribution is 2.59. The Morgan fingerprint density at radius 2 is 1.94 bits per heavy atom. The Bertz CT molecular complexity index is 355. The van der Waals surface area contributed by atoms with Gasteiger partial charge in [-0.15, -0.1) is 0 Å². The number of amides is 1. The molecule has 1 amide bonds. The van der Waals surface area contributed by atoms with Crippen LogP contribution in [0.1, 0.15) is 33.1 Å². The van der Waals surface area contributed by atoms with E-state index in [-0.39, 0.29) is 11.8 Å². The van der Waals surface area contributed by atoms with Crippen molar-refractivity contribution in [3.8, 4) is 0 Å². The van der Waals surface area contributed by atoms with Gasteiger partial charge in [-0.2, -0.15) is 0 Å². The van der Waals surface area contributed by atoms with Gasteiger partial charge in [0.05, 0.1) is 13.1 Å². The molecule has 1 atom stereocenters. The molecular formula is C14H24N2O2. The molecule has 0 radical (unpaired) electrons. The third-order valence-electron chi connectivity index (χ3n) is 5.40. The predicted molar refractivity (Wildman–Crippen MR) is 69.0 cm³/mol. The van der Waals surface area contributed by atoms with Crippen LogP contribution in [-0.2, 0) is 4.79 Å². The first kappa shape index (κ1) is 12.4. The quantitative estimate of drug-likeness (QED) is 0.757. The van der Waals surface area contributed by atoms with Crippen LogP contribution >= 0.6 is 0 Å². The third-order valence-corrected chi connectivity index (χ3v) is 5.40. The van der Waals surface area contributed by atoms with Crippen molar-refractivity contribution in [3.63, 3.8) is 0 Å². The zero-order valence-corrected chi connectivity index (χ0v) is 11.4. The van der Waals surface area contributed by atoms with E-state index in [1.807, 2.05) is 18.7 Å². The van der Waals surface area contributed by atoms with E-state index in [0.717, 1.165) is 32.4 Å². The average molecular weight is 252 g/mol. The van der Waals surface area contributed by atoms with Crippen LogP contribution in [0.25, 0.3) is 0 Å². The molecule has 1 aliphatic carbocycles. The lowest BCUT2D eigenvalue weighted by Crippen LogP contribution is -2.66. The normalized spacial score (nSPS) is 32.4. The Balaban J connectivity index is 1.56. The molecule has 2 N–H and O–H groups in total. The van der Waals surface area contributed by atoms with E-state index in [0.29, 0.717) is 24.4 Å². The molecule has 2 saturated heterocycles. The summed E-state index contributed by atoms with van der Waals surface area (Å²) in [5.41, 5.74) is -0.320. The number of hydrogen-bond acceptors (Lipinski definition) is 3. The fourth-order valence-corrected chi connectivity index (χ4v) is 3.53. The van der Waals surface area contributed by atoms with Gasteiger partial charge in [0.15, 0.2) is 0 Å². The SMILES string of the molecule is CC(C)C1(O)CN(C(=O)C2CC23CCNCC3)C1. The highest BCUT2D eigenvalue weighted by atomic mass is 16.3. The molecule has 0 bridgehead atoms. The maximum absolute atomic E-state index is 12.4. The number of hydrogen-bond donors (Lipinski definition) is 2. The van der Waals surface area contributed by atoms with Crippen molar-refractivity contribution in [2.24, 2.45) is 17.3 Å². The summed E-state index contributed by atoms with van der Waals surface area (Å²) in [4.78, 5) is 14.2. The smallest absolute Gasteiger partial charge is 0.226 e. The molecule has 4 heteroatoms. The molecular weight excluding hydrogens is 228 g/mol. The van der Waals surface area contributed by atoms with Crippen LogP contribution in [0.3, 0.4) is 0 Å². The number of nitrogens with one attached hydrogen (secondary N) is 1. The molecule has 1 saturated carbocycles. The van der Waals surface area contributed by atoms with Gasteiger partial charge in [-0.3, -0.25) is 4.79 Å². The molecule has 4 nitrogen and oxygen atoms in total. The zero-order chi connectivity index (χ0) is 13.0. The summed E-state index contributed by atoms with van der Waals surface area (Å²) in [5.74, 6) is 0.770. The Morgan fingerprint density at radius 3 is 2.50 bits per heavy atom. The summed E-state index contributed by atoms with van der Waals surface area (Å²) in [6.45, 7) is 7.22. The lowest BCUT2D eigenvalue weighted by atomic mass is 9.82. The molecule has 18 heavy (non-hydrogen) atoms. The number of carbonyl (C=O) groups excluding carboxylic acids is 1. The van der Waals surface area contributed by atoms with Crippen LogP contribution < -0.4 is 5.32 Å². The van der Waals surface area contributed by atoms with Crippen molar-refractivity contribution in [2.45, 2.75) is 38.7 Å². The zero-order valence-electron chi connectivity index (χ0n) is 11.4. The minimum Gasteiger partial charge on any atom is -0.386 e. The van der Waals surface area contributed by atoms with E-state index < -0.39 is 5.60 Å². The van der Waals surface area contributed by atoms with E-state index in [1.54, 1.807) is 0 Å². The first-order chi connectivity index (χ1) is 8.47. The summed E-state index contributed by atoms with van der Waals surface area (Å²) in [5, 5.41) is 13.6. The molecule has 3 rings (SSSR count). The number of rotatable bonds is 2. The van der Waals surface area contributed by atoms with Gasteiger partial charge in [-0.1, -0.05) is 13.8 Å². The fourth-order valence-electron chi connectivity index (χ4n) is 3.53. The molecule has 1 unspecified atom stereocenters. The Kier molecular flexibility index (Phi) is 2.72. The van der Waals surface area contributed by atoms with Gasteiger partial charge < -0.3 is 15.3 Å². The summed E-state index contributed by atoms with van der Waals surface area (Å²) < 4.78 is 0. The van der Waals surface area contributed by atoms with Gasteiger partial charge in [0, 0.05) is 5.92 Å².